The molecule has 2 aromatic carbocycles. The van der Waals surface area contributed by atoms with Crippen molar-refractivity contribution in [2.24, 2.45) is 0 Å². The van der Waals surface area contributed by atoms with E-state index in [0.717, 1.165) is 11.3 Å². The number of carbonyl (C=O) groups is 3. The van der Waals surface area contributed by atoms with Crippen LogP contribution >= 0.6 is 0 Å². The number of methoxy groups -OCH3 is 1. The van der Waals surface area contributed by atoms with Crippen molar-refractivity contribution in [3.05, 3.63) is 47.8 Å². The second kappa shape index (κ2) is 8.25. The second-order valence-electron chi connectivity index (χ2n) is 7.54. The monoisotopic (exact) mass is 427 g/mol. The van der Waals surface area contributed by atoms with Crippen molar-refractivity contribution in [3.63, 3.8) is 0 Å². The Labute approximate surface area is 178 Å². The van der Waals surface area contributed by atoms with Gasteiger partial charge in [0.25, 0.3) is 0 Å². The van der Waals surface area contributed by atoms with E-state index in [-0.39, 0.29) is 24.2 Å². The van der Waals surface area contributed by atoms with E-state index in [1.807, 2.05) is 11.8 Å². The van der Waals surface area contributed by atoms with Crippen LogP contribution in [0.15, 0.2) is 36.4 Å². The molecule has 0 radical (unpaired) electrons. The number of amides is 2. The van der Waals surface area contributed by atoms with E-state index in [0.29, 0.717) is 31.1 Å². The normalized spacial score (nSPS) is 17.8. The number of hydrogen-bond acceptors (Lipinski definition) is 6. The maximum Gasteiger partial charge on any atom is 0.315 e. The summed E-state index contributed by atoms with van der Waals surface area (Å²) in [5.74, 6) is -1.63. The van der Waals surface area contributed by atoms with Crippen molar-refractivity contribution in [2.45, 2.75) is 19.4 Å². The Morgan fingerprint density at radius 3 is 2.74 bits per heavy atom. The Morgan fingerprint density at radius 1 is 1.19 bits per heavy atom. The van der Waals surface area contributed by atoms with Gasteiger partial charge in [0.15, 0.2) is 11.6 Å². The zero-order valence-electron chi connectivity index (χ0n) is 17.2. The summed E-state index contributed by atoms with van der Waals surface area (Å²) in [7, 11) is 1.41. The number of nitrogens with one attached hydrogen (secondary N) is 1. The van der Waals surface area contributed by atoms with Crippen molar-refractivity contribution >= 4 is 29.2 Å². The minimum Gasteiger partial charge on any atom is -0.494 e. The smallest absolute Gasteiger partial charge is 0.315 e. The molecular weight excluding hydrogens is 405 g/mol. The van der Waals surface area contributed by atoms with Gasteiger partial charge in [-0.2, -0.15) is 0 Å². The van der Waals surface area contributed by atoms with Crippen LogP contribution in [0.4, 0.5) is 15.8 Å². The van der Waals surface area contributed by atoms with Gasteiger partial charge in [0.1, 0.15) is 5.75 Å². The predicted octanol–water partition coefficient (Wildman–Crippen LogP) is 1.97. The standard InChI is InChI=1S/C22H22FN3O5/c1-13-12-25(16-5-6-17(23)19(11-16)30-2)7-8-26(13)22(29)21(28)24-15-4-3-14-9-20(27)31-18(14)10-15/h3-6,10-11,13H,7-9,12H2,1-2H3,(H,24,28)/t13-/m1/s1. The zero-order valence-corrected chi connectivity index (χ0v) is 17.2. The minimum atomic E-state index is -0.756. The van der Waals surface area contributed by atoms with Gasteiger partial charge < -0.3 is 24.6 Å². The summed E-state index contributed by atoms with van der Waals surface area (Å²) < 4.78 is 23.8. The molecular formula is C22H22FN3O5. The number of halogens is 1. The largest absolute Gasteiger partial charge is 0.494 e. The molecule has 2 aliphatic rings. The highest BCUT2D eigenvalue weighted by Crippen LogP contribution is 2.29. The lowest BCUT2D eigenvalue weighted by atomic mass is 10.1. The van der Waals surface area contributed by atoms with Gasteiger partial charge in [0.05, 0.1) is 13.5 Å². The van der Waals surface area contributed by atoms with Crippen LogP contribution in [0.2, 0.25) is 0 Å². The maximum absolute atomic E-state index is 13.7. The van der Waals surface area contributed by atoms with Crippen molar-refractivity contribution in [1.29, 1.82) is 0 Å². The molecule has 0 bridgehead atoms. The van der Waals surface area contributed by atoms with E-state index in [9.17, 15) is 18.8 Å². The quantitative estimate of drug-likeness (QED) is 0.458. The number of piperazine rings is 1. The number of hydrogen-bond donors (Lipinski definition) is 1. The van der Waals surface area contributed by atoms with Crippen molar-refractivity contribution in [2.75, 3.05) is 37.0 Å². The molecule has 9 heteroatoms. The van der Waals surface area contributed by atoms with E-state index in [4.69, 9.17) is 9.47 Å². The molecule has 31 heavy (non-hydrogen) atoms. The average Bonchev–Trinajstić information content (AvgIpc) is 3.12. The third kappa shape index (κ3) is 4.16. The molecule has 1 saturated heterocycles. The third-order valence-electron chi connectivity index (χ3n) is 5.47. The maximum atomic E-state index is 13.7. The molecule has 2 aromatic rings. The Morgan fingerprint density at radius 2 is 2.00 bits per heavy atom. The molecule has 8 nitrogen and oxygen atoms in total. The molecule has 0 aromatic heterocycles. The number of anilines is 2. The van der Waals surface area contributed by atoms with Gasteiger partial charge in [0, 0.05) is 54.7 Å². The fourth-order valence-electron chi connectivity index (χ4n) is 3.84. The fraction of sp³-hybridized carbons (Fsp3) is 0.318. The lowest BCUT2D eigenvalue weighted by Crippen LogP contribution is -2.56. The third-order valence-corrected chi connectivity index (χ3v) is 5.47. The Balaban J connectivity index is 1.39. The zero-order chi connectivity index (χ0) is 22.1. The summed E-state index contributed by atoms with van der Waals surface area (Å²) in [6.45, 7) is 3.18. The molecule has 4 rings (SSSR count). The molecule has 2 amide bonds. The van der Waals surface area contributed by atoms with E-state index in [1.165, 1.54) is 24.1 Å². The summed E-state index contributed by atoms with van der Waals surface area (Å²) >= 11 is 0. The van der Waals surface area contributed by atoms with Crippen LogP contribution in [0.25, 0.3) is 0 Å². The first-order chi connectivity index (χ1) is 14.9. The van der Waals surface area contributed by atoms with Crippen LogP contribution in [0.1, 0.15) is 12.5 Å². The summed E-state index contributed by atoms with van der Waals surface area (Å²) in [6.07, 6.45) is 0.199. The van der Waals surface area contributed by atoms with Crippen molar-refractivity contribution < 1.29 is 28.2 Å². The van der Waals surface area contributed by atoms with Crippen LogP contribution in [-0.2, 0) is 20.8 Å². The van der Waals surface area contributed by atoms with Crippen molar-refractivity contribution in [3.8, 4) is 11.5 Å². The van der Waals surface area contributed by atoms with Gasteiger partial charge >= 0.3 is 17.8 Å². The Bertz CT molecular complexity index is 1060. The number of rotatable bonds is 3. The van der Waals surface area contributed by atoms with Gasteiger partial charge in [0.2, 0.25) is 0 Å². The van der Waals surface area contributed by atoms with Crippen molar-refractivity contribution in [1.82, 2.24) is 4.90 Å². The van der Waals surface area contributed by atoms with Crippen LogP contribution < -0.4 is 19.7 Å². The highest BCUT2D eigenvalue weighted by molar-refractivity contribution is 6.39. The highest BCUT2D eigenvalue weighted by atomic mass is 19.1. The van der Waals surface area contributed by atoms with E-state index in [1.54, 1.807) is 24.3 Å². The number of benzene rings is 2. The summed E-state index contributed by atoms with van der Waals surface area (Å²) in [6, 6.07) is 9.26. The molecule has 0 spiro atoms. The number of carbonyl (C=O) groups excluding carboxylic acids is 3. The number of nitrogens with zero attached hydrogens (tertiary/aromatic N) is 2. The van der Waals surface area contributed by atoms with Gasteiger partial charge in [-0.3, -0.25) is 14.4 Å². The topological polar surface area (TPSA) is 88.2 Å². The lowest BCUT2D eigenvalue weighted by molar-refractivity contribution is -0.144. The predicted molar refractivity (Wildman–Crippen MR) is 111 cm³/mol. The first-order valence-corrected chi connectivity index (χ1v) is 9.89. The Kier molecular flexibility index (Phi) is 5.50. The summed E-state index contributed by atoms with van der Waals surface area (Å²) in [5, 5.41) is 2.58. The summed E-state index contributed by atoms with van der Waals surface area (Å²) in [4.78, 5) is 40.1. The molecule has 162 valence electrons. The molecule has 2 heterocycles. The van der Waals surface area contributed by atoms with Crippen LogP contribution in [0, 0.1) is 5.82 Å². The molecule has 2 aliphatic heterocycles. The second-order valence-corrected chi connectivity index (χ2v) is 7.54. The number of esters is 1. The molecule has 0 saturated carbocycles. The average molecular weight is 427 g/mol. The fourth-order valence-corrected chi connectivity index (χ4v) is 3.84. The summed E-state index contributed by atoms with van der Waals surface area (Å²) in [5.41, 5.74) is 1.92. The van der Waals surface area contributed by atoms with Crippen LogP contribution in [0.5, 0.6) is 11.5 Å². The van der Waals surface area contributed by atoms with Gasteiger partial charge in [-0.05, 0) is 25.1 Å². The van der Waals surface area contributed by atoms with Crippen LogP contribution in [0.3, 0.4) is 0 Å². The number of ether oxygens (including phenoxy) is 2. The SMILES string of the molecule is COc1cc(N2CCN(C(=O)C(=O)Nc3ccc4c(c3)OC(=O)C4)[C@H](C)C2)ccc1F. The van der Waals surface area contributed by atoms with Gasteiger partial charge in [-0.15, -0.1) is 0 Å². The molecule has 1 N–H and O–H groups in total. The molecule has 0 aliphatic carbocycles. The lowest BCUT2D eigenvalue weighted by Gasteiger charge is -2.40. The first kappa shape index (κ1) is 20.6. The molecule has 0 unspecified atom stereocenters. The van der Waals surface area contributed by atoms with E-state index >= 15 is 0 Å². The molecule has 1 atom stereocenters. The Hall–Kier alpha value is -3.62. The molecule has 1 fully saturated rings. The number of fused-ring (bicyclic) bond motifs is 1. The van der Waals surface area contributed by atoms with E-state index < -0.39 is 17.6 Å². The van der Waals surface area contributed by atoms with Gasteiger partial charge in [-0.25, -0.2) is 4.39 Å². The first-order valence-electron chi connectivity index (χ1n) is 9.89. The van der Waals surface area contributed by atoms with E-state index in [2.05, 4.69) is 5.32 Å². The van der Waals surface area contributed by atoms with Gasteiger partial charge in [-0.1, -0.05) is 6.07 Å². The highest BCUT2D eigenvalue weighted by Gasteiger charge is 2.32. The minimum absolute atomic E-state index is 0.156. The van der Waals surface area contributed by atoms with Crippen LogP contribution in [-0.4, -0.2) is 55.5 Å².